The van der Waals surface area contributed by atoms with E-state index < -0.39 is 40.6 Å². The number of carboxylic acid groups (broad SMARTS) is 3. The van der Waals surface area contributed by atoms with Crippen LogP contribution < -0.4 is 0 Å². The number of carbonyl (C=O) groups excluding carboxylic acids is 1. The maximum Gasteiger partial charge on any atom is 0.310 e. The molecule has 3 atom stereocenters. The largest absolute Gasteiger partial charge is 0.481 e. The lowest BCUT2D eigenvalue weighted by Crippen LogP contribution is -2.09. The third-order valence-electron chi connectivity index (χ3n) is 8.33. The van der Waals surface area contributed by atoms with Gasteiger partial charge < -0.3 is 15.3 Å². The highest BCUT2D eigenvalue weighted by Crippen LogP contribution is 2.24. The van der Waals surface area contributed by atoms with E-state index in [-0.39, 0.29) is 0 Å². The van der Waals surface area contributed by atoms with E-state index in [0.29, 0.717) is 40.0 Å². The van der Waals surface area contributed by atoms with Gasteiger partial charge in [-0.3, -0.25) is 29.3 Å². The van der Waals surface area contributed by atoms with Crippen LogP contribution >= 0.6 is 0 Å². The van der Waals surface area contributed by atoms with E-state index in [1.807, 2.05) is 36.4 Å². The van der Waals surface area contributed by atoms with Crippen molar-refractivity contribution in [3.63, 3.8) is 0 Å². The molecule has 3 aromatic rings. The minimum Gasteiger partial charge on any atom is -0.481 e. The average molecular weight is 718 g/mol. The van der Waals surface area contributed by atoms with Crippen LogP contribution in [0, 0.1) is 27.9 Å². The van der Waals surface area contributed by atoms with Crippen LogP contribution in [0.4, 0.5) is 0 Å². The first kappa shape index (κ1) is 44.9. The molecule has 0 amide bonds. The second-order valence-electron chi connectivity index (χ2n) is 14.4. The molecule has 3 unspecified atom stereocenters. The summed E-state index contributed by atoms with van der Waals surface area (Å²) in [5.74, 6) is -2.67. The molecule has 0 fully saturated rings. The van der Waals surface area contributed by atoms with E-state index in [9.17, 15) is 29.3 Å². The molecular formula is C42H55NO9. The van der Waals surface area contributed by atoms with E-state index in [2.05, 4.69) is 41.5 Å². The Labute approximate surface area is 307 Å². The van der Waals surface area contributed by atoms with Gasteiger partial charge in [0.05, 0.1) is 22.7 Å². The lowest BCUT2D eigenvalue weighted by molar-refractivity contribution is -0.400. The van der Waals surface area contributed by atoms with Crippen LogP contribution in [0.15, 0.2) is 66.9 Å². The maximum absolute atomic E-state index is 11.0. The fraction of sp³-hybridized carbons (Fsp3) is 0.429. The highest BCUT2D eigenvalue weighted by Gasteiger charge is 2.17. The van der Waals surface area contributed by atoms with Gasteiger partial charge in [0, 0.05) is 11.6 Å². The van der Waals surface area contributed by atoms with Crippen molar-refractivity contribution < 1.29 is 39.4 Å². The molecule has 3 rings (SSSR count). The Bertz CT molecular complexity index is 1670. The van der Waals surface area contributed by atoms with Crippen LogP contribution in [0.25, 0.3) is 6.08 Å². The number of aliphatic carboxylic acids is 3. The molecule has 52 heavy (non-hydrogen) atoms. The minimum atomic E-state index is -0.911. The summed E-state index contributed by atoms with van der Waals surface area (Å²) >= 11 is 0. The molecule has 0 aliphatic rings. The third-order valence-corrected chi connectivity index (χ3v) is 8.33. The Hall–Kier alpha value is -5.12. The van der Waals surface area contributed by atoms with Gasteiger partial charge in [-0.15, -0.1) is 0 Å². The molecular weight excluding hydrogens is 662 g/mol. The molecule has 0 saturated heterocycles. The van der Waals surface area contributed by atoms with E-state index in [1.54, 1.807) is 45.0 Å². The van der Waals surface area contributed by atoms with Crippen molar-refractivity contribution in [1.82, 2.24) is 0 Å². The molecule has 0 aliphatic heterocycles. The summed E-state index contributed by atoms with van der Waals surface area (Å²) in [5.41, 5.74) is 6.74. The Morgan fingerprint density at radius 3 is 1.33 bits per heavy atom. The SMILES string of the molecule is CC(C)Cc1ccc(C(C)C(=O)O)cc1.CC(C)Cc1ccc(C(C)C(=O)O)cc1/C=C/[N+](=O)[O-].CC(C)Cc1ccc(C(C)C(=O)O)cc1C=O. The number of carboxylic acids is 3. The highest BCUT2D eigenvalue weighted by molar-refractivity contribution is 5.80. The summed E-state index contributed by atoms with van der Waals surface area (Å²) in [4.78, 5) is 53.6. The predicted octanol–water partition coefficient (Wildman–Crippen LogP) is 9.28. The van der Waals surface area contributed by atoms with E-state index in [1.165, 1.54) is 11.6 Å². The third kappa shape index (κ3) is 15.8. The van der Waals surface area contributed by atoms with Crippen LogP contribution in [-0.2, 0) is 33.6 Å². The molecule has 0 saturated carbocycles. The first-order chi connectivity index (χ1) is 24.3. The molecule has 0 bridgehead atoms. The van der Waals surface area contributed by atoms with Crippen LogP contribution in [0.1, 0.15) is 129 Å². The molecule has 10 nitrogen and oxygen atoms in total. The number of hydrogen-bond acceptors (Lipinski definition) is 6. The van der Waals surface area contributed by atoms with Gasteiger partial charge >= 0.3 is 17.9 Å². The molecule has 282 valence electrons. The number of aldehydes is 1. The van der Waals surface area contributed by atoms with Crippen LogP contribution in [0.3, 0.4) is 0 Å². The van der Waals surface area contributed by atoms with Gasteiger partial charge in [-0.25, -0.2) is 0 Å². The number of rotatable bonds is 15. The lowest BCUT2D eigenvalue weighted by atomic mass is 9.92. The zero-order valence-corrected chi connectivity index (χ0v) is 31.8. The predicted molar refractivity (Wildman–Crippen MR) is 205 cm³/mol. The number of benzene rings is 3. The number of nitrogens with zero attached hydrogens (tertiary/aromatic N) is 1. The van der Waals surface area contributed by atoms with Crippen molar-refractivity contribution in [1.29, 1.82) is 0 Å². The topological polar surface area (TPSA) is 172 Å². The van der Waals surface area contributed by atoms with Gasteiger partial charge in [0.1, 0.15) is 6.29 Å². The molecule has 0 radical (unpaired) electrons. The fourth-order valence-corrected chi connectivity index (χ4v) is 5.26. The minimum absolute atomic E-state index is 0.417. The second-order valence-corrected chi connectivity index (χ2v) is 14.4. The second kappa shape index (κ2) is 22.0. The first-order valence-corrected chi connectivity index (χ1v) is 17.6. The van der Waals surface area contributed by atoms with Crippen molar-refractivity contribution in [3.8, 4) is 0 Å². The summed E-state index contributed by atoms with van der Waals surface area (Å²) in [6.45, 7) is 17.6. The number of carbonyl (C=O) groups is 4. The van der Waals surface area contributed by atoms with E-state index >= 15 is 0 Å². The Morgan fingerprint density at radius 1 is 0.596 bits per heavy atom. The van der Waals surface area contributed by atoms with Gasteiger partial charge in [0.15, 0.2) is 0 Å². The van der Waals surface area contributed by atoms with Gasteiger partial charge in [-0.05, 0) is 103 Å². The molecule has 10 heteroatoms. The van der Waals surface area contributed by atoms with Crippen molar-refractivity contribution in [2.24, 2.45) is 17.8 Å². The Kier molecular flexibility index (Phi) is 19.0. The van der Waals surface area contributed by atoms with Crippen molar-refractivity contribution >= 4 is 30.3 Å². The van der Waals surface area contributed by atoms with Crippen LogP contribution in [-0.4, -0.2) is 44.4 Å². The summed E-state index contributed by atoms with van der Waals surface area (Å²) in [6, 6.07) is 18.6. The monoisotopic (exact) mass is 717 g/mol. The van der Waals surface area contributed by atoms with Gasteiger partial charge in [-0.1, -0.05) is 96.1 Å². The van der Waals surface area contributed by atoms with E-state index in [0.717, 1.165) is 48.4 Å². The average Bonchev–Trinajstić information content (AvgIpc) is 3.07. The van der Waals surface area contributed by atoms with Crippen molar-refractivity contribution in [3.05, 3.63) is 121 Å². The zero-order chi connectivity index (χ0) is 39.7. The molecule has 0 aromatic heterocycles. The summed E-state index contributed by atoms with van der Waals surface area (Å²) in [5, 5.41) is 37.3. The fourth-order valence-electron chi connectivity index (χ4n) is 5.26. The number of nitro groups is 1. The Morgan fingerprint density at radius 2 is 0.962 bits per heavy atom. The summed E-state index contributed by atoms with van der Waals surface area (Å²) < 4.78 is 0. The molecule has 3 N–H and O–H groups in total. The highest BCUT2D eigenvalue weighted by atomic mass is 16.6. The van der Waals surface area contributed by atoms with E-state index in [4.69, 9.17) is 15.3 Å². The van der Waals surface area contributed by atoms with Crippen LogP contribution in [0.2, 0.25) is 0 Å². The summed E-state index contributed by atoms with van der Waals surface area (Å²) in [6.07, 6.45) is 5.77. The molecule has 0 aliphatic carbocycles. The molecule has 0 heterocycles. The molecule has 3 aromatic carbocycles. The summed E-state index contributed by atoms with van der Waals surface area (Å²) in [7, 11) is 0. The quantitative estimate of drug-likeness (QED) is 0.0787. The Balaban J connectivity index is 0.000000394. The zero-order valence-electron chi connectivity index (χ0n) is 31.8. The lowest BCUT2D eigenvalue weighted by Gasteiger charge is -2.13. The molecule has 0 spiro atoms. The van der Waals surface area contributed by atoms with Gasteiger partial charge in [0.2, 0.25) is 6.20 Å². The smallest absolute Gasteiger partial charge is 0.310 e. The number of hydrogen-bond donors (Lipinski definition) is 3. The van der Waals surface area contributed by atoms with Gasteiger partial charge in [-0.2, -0.15) is 0 Å². The van der Waals surface area contributed by atoms with Crippen LogP contribution in [0.5, 0.6) is 0 Å². The van der Waals surface area contributed by atoms with Gasteiger partial charge in [0.25, 0.3) is 0 Å². The maximum atomic E-state index is 11.0. The van der Waals surface area contributed by atoms with Crippen molar-refractivity contribution in [2.45, 2.75) is 99.3 Å². The normalized spacial score (nSPS) is 12.7. The first-order valence-electron chi connectivity index (χ1n) is 17.6. The standard InChI is InChI=1S/C15H19NO4.C14H18O3.C13H18O2/c1-10(2)8-13-5-4-12(11(3)15(17)18)9-14(13)6-7-16(19)20;1-9(2)6-12-5-4-11(7-13(12)8-15)10(3)14(16)17;1-9(2)8-11-4-6-12(7-5-11)10(3)13(14)15/h4-7,9-11H,8H2,1-3H3,(H,17,18);4-5,7-10H,6H2,1-3H3,(H,16,17);4-7,9-10H,8H2,1-3H3,(H,14,15)/b7-6+;;. The van der Waals surface area contributed by atoms with Crippen molar-refractivity contribution in [2.75, 3.05) is 0 Å².